The van der Waals surface area contributed by atoms with Crippen molar-refractivity contribution in [3.8, 4) is 11.8 Å². The Morgan fingerprint density at radius 2 is 2.25 bits per heavy atom. The van der Waals surface area contributed by atoms with E-state index in [2.05, 4.69) is 10.0 Å². The van der Waals surface area contributed by atoms with E-state index in [1.807, 2.05) is 0 Å². The predicted molar refractivity (Wildman–Crippen MR) is 95.8 cm³/mol. The van der Waals surface area contributed by atoms with Crippen molar-refractivity contribution in [1.29, 1.82) is 5.26 Å². The van der Waals surface area contributed by atoms with E-state index in [0.717, 1.165) is 12.1 Å². The number of anilines is 1. The molecule has 0 saturated carbocycles. The molecular weight excluding hydrogens is 391 g/mol. The van der Waals surface area contributed by atoms with Crippen LogP contribution < -0.4 is 14.8 Å². The molecule has 11 heteroatoms. The van der Waals surface area contributed by atoms with E-state index in [9.17, 15) is 22.7 Å². The monoisotopic (exact) mass is 408 g/mol. The molecule has 0 spiro atoms. The number of aliphatic hydroxyl groups is 1. The van der Waals surface area contributed by atoms with E-state index in [1.165, 1.54) is 30.8 Å². The molecule has 1 aliphatic heterocycles. The van der Waals surface area contributed by atoms with Crippen molar-refractivity contribution in [2.75, 3.05) is 11.9 Å². The summed E-state index contributed by atoms with van der Waals surface area (Å²) in [6.45, 7) is 1.24. The first-order chi connectivity index (χ1) is 13.1. The summed E-state index contributed by atoms with van der Waals surface area (Å²) in [4.78, 5) is 12.5. The van der Waals surface area contributed by atoms with Crippen LogP contribution in [0.3, 0.4) is 0 Å². The maximum absolute atomic E-state index is 13.4. The van der Waals surface area contributed by atoms with E-state index in [1.54, 1.807) is 6.07 Å². The first kappa shape index (κ1) is 19.8. The summed E-state index contributed by atoms with van der Waals surface area (Å²) >= 11 is 0. The number of fused-ring (bicyclic) bond motifs is 1. The number of halogens is 1. The molecule has 2 heterocycles. The lowest BCUT2D eigenvalue weighted by molar-refractivity contribution is 0.100. The minimum absolute atomic E-state index is 0.0746. The summed E-state index contributed by atoms with van der Waals surface area (Å²) < 4.78 is 47.7. The van der Waals surface area contributed by atoms with Crippen LogP contribution in [0.2, 0.25) is 0 Å². The number of carbonyl (C=O) groups is 1. The number of nitrogens with one attached hydrogen (secondary N) is 2. The number of sulfonamides is 1. The van der Waals surface area contributed by atoms with E-state index in [4.69, 9.17) is 10.00 Å². The molecule has 0 aliphatic carbocycles. The van der Waals surface area contributed by atoms with Crippen LogP contribution in [0.15, 0.2) is 29.3 Å². The number of hydrogen-bond donors (Lipinski definition) is 3. The van der Waals surface area contributed by atoms with Crippen LogP contribution in [-0.4, -0.2) is 42.8 Å². The van der Waals surface area contributed by atoms with Crippen molar-refractivity contribution < 1.29 is 27.4 Å². The number of carbonyl (C=O) groups excluding carboxylic acids is 1. The minimum Gasteiger partial charge on any atom is -0.488 e. The second-order valence-corrected chi connectivity index (χ2v) is 8.00. The van der Waals surface area contributed by atoms with Crippen LogP contribution in [0, 0.1) is 17.1 Å². The van der Waals surface area contributed by atoms with Gasteiger partial charge in [-0.25, -0.2) is 17.5 Å². The van der Waals surface area contributed by atoms with Gasteiger partial charge in [0.1, 0.15) is 23.4 Å². The third kappa shape index (κ3) is 3.57. The van der Waals surface area contributed by atoms with Crippen LogP contribution in [0.1, 0.15) is 23.0 Å². The van der Waals surface area contributed by atoms with Gasteiger partial charge in [-0.05, 0) is 25.1 Å². The van der Waals surface area contributed by atoms with Crippen molar-refractivity contribution in [1.82, 2.24) is 9.29 Å². The second kappa shape index (κ2) is 7.23. The van der Waals surface area contributed by atoms with Crippen LogP contribution >= 0.6 is 0 Å². The SMILES string of the molecule is C[C@@H](O)[C@H]1COc2c(cn(C)c2C(=O)Nc2ccc(F)c(C#N)c2)S(=O)(=O)N1. The summed E-state index contributed by atoms with van der Waals surface area (Å²) in [5, 5.41) is 21.1. The van der Waals surface area contributed by atoms with E-state index in [-0.39, 0.29) is 34.2 Å². The van der Waals surface area contributed by atoms with Crippen molar-refractivity contribution in [2.45, 2.75) is 24.0 Å². The lowest BCUT2D eigenvalue weighted by atomic mass is 10.2. The average molecular weight is 408 g/mol. The Labute approximate surface area is 160 Å². The number of aromatic nitrogens is 1. The molecule has 1 aromatic carbocycles. The normalized spacial score (nSPS) is 18.9. The lowest BCUT2D eigenvalue weighted by Gasteiger charge is -2.18. The molecule has 2 aromatic rings. The molecule has 2 atom stereocenters. The lowest BCUT2D eigenvalue weighted by Crippen LogP contribution is -2.44. The standard InChI is InChI=1S/C17H17FN4O5S/c1-9(23)13-8-27-16-14(28(25,26)21-13)7-22(2)15(16)17(24)20-11-3-4-12(18)10(5-11)6-19/h3-5,7,9,13,21,23H,8H2,1-2H3,(H,20,24)/t9-,13-/m1/s1. The molecule has 0 radical (unpaired) electrons. The molecule has 28 heavy (non-hydrogen) atoms. The quantitative estimate of drug-likeness (QED) is 0.685. The number of aliphatic hydroxyl groups excluding tert-OH is 1. The molecule has 0 saturated heterocycles. The molecule has 1 amide bonds. The number of nitrogens with zero attached hydrogens (tertiary/aromatic N) is 2. The maximum atomic E-state index is 13.4. The highest BCUT2D eigenvalue weighted by molar-refractivity contribution is 7.89. The molecular formula is C17H17FN4O5S. The highest BCUT2D eigenvalue weighted by Crippen LogP contribution is 2.33. The third-order valence-corrected chi connectivity index (χ3v) is 5.73. The first-order valence-corrected chi connectivity index (χ1v) is 9.66. The molecule has 1 aromatic heterocycles. The van der Waals surface area contributed by atoms with Crippen molar-refractivity contribution >= 4 is 21.6 Å². The van der Waals surface area contributed by atoms with Gasteiger partial charge >= 0.3 is 0 Å². The van der Waals surface area contributed by atoms with E-state index in [0.29, 0.717) is 0 Å². The van der Waals surface area contributed by atoms with E-state index < -0.39 is 33.9 Å². The number of amides is 1. The van der Waals surface area contributed by atoms with Gasteiger partial charge in [-0.15, -0.1) is 0 Å². The molecule has 0 unspecified atom stereocenters. The van der Waals surface area contributed by atoms with E-state index >= 15 is 0 Å². The number of hydrogen-bond acceptors (Lipinski definition) is 6. The molecule has 148 valence electrons. The predicted octanol–water partition coefficient (Wildman–Crippen LogP) is 0.708. The van der Waals surface area contributed by atoms with Gasteiger partial charge in [0.2, 0.25) is 10.0 Å². The molecule has 3 rings (SSSR count). The summed E-state index contributed by atoms with van der Waals surface area (Å²) in [7, 11) is -2.55. The Balaban J connectivity index is 1.98. The van der Waals surface area contributed by atoms with Gasteiger partial charge in [-0.1, -0.05) is 0 Å². The summed E-state index contributed by atoms with van der Waals surface area (Å²) in [5.74, 6) is -1.58. The Kier molecular flexibility index (Phi) is 5.12. The van der Waals surface area contributed by atoms with Gasteiger partial charge in [0, 0.05) is 18.9 Å². The number of nitriles is 1. The molecule has 3 N–H and O–H groups in total. The van der Waals surface area contributed by atoms with Gasteiger partial charge in [0.05, 0.1) is 17.7 Å². The molecule has 0 bridgehead atoms. The smallest absolute Gasteiger partial charge is 0.276 e. The largest absolute Gasteiger partial charge is 0.488 e. The Bertz CT molecular complexity index is 1090. The summed E-state index contributed by atoms with van der Waals surface area (Å²) in [6, 6.07) is 4.27. The Morgan fingerprint density at radius 3 is 2.89 bits per heavy atom. The Morgan fingerprint density at radius 1 is 1.54 bits per heavy atom. The number of benzene rings is 1. The van der Waals surface area contributed by atoms with Crippen LogP contribution in [0.25, 0.3) is 0 Å². The third-order valence-electron chi connectivity index (χ3n) is 4.25. The van der Waals surface area contributed by atoms with Crippen molar-refractivity contribution in [3.05, 3.63) is 41.5 Å². The van der Waals surface area contributed by atoms with Gasteiger partial charge in [0.15, 0.2) is 11.4 Å². The van der Waals surface area contributed by atoms with Gasteiger partial charge in [-0.2, -0.15) is 5.26 Å². The average Bonchev–Trinajstić information content (AvgIpc) is 2.90. The van der Waals surface area contributed by atoms with Crippen LogP contribution in [0.4, 0.5) is 10.1 Å². The number of aryl methyl sites for hydroxylation is 1. The van der Waals surface area contributed by atoms with Crippen LogP contribution in [-0.2, 0) is 17.1 Å². The molecule has 9 nitrogen and oxygen atoms in total. The first-order valence-electron chi connectivity index (χ1n) is 8.17. The Hall–Kier alpha value is -2.94. The fraction of sp³-hybridized carbons (Fsp3) is 0.294. The zero-order valence-electron chi connectivity index (χ0n) is 14.9. The molecule has 1 aliphatic rings. The summed E-state index contributed by atoms with van der Waals surface area (Å²) in [5.41, 5.74) is -0.157. The summed E-state index contributed by atoms with van der Waals surface area (Å²) in [6.07, 6.45) is 0.218. The number of rotatable bonds is 3. The van der Waals surface area contributed by atoms with Crippen molar-refractivity contribution in [3.63, 3.8) is 0 Å². The highest BCUT2D eigenvalue weighted by atomic mass is 32.2. The second-order valence-electron chi connectivity index (χ2n) is 6.32. The van der Waals surface area contributed by atoms with Gasteiger partial charge in [-0.3, -0.25) is 4.79 Å². The zero-order chi connectivity index (χ0) is 20.6. The zero-order valence-corrected chi connectivity index (χ0v) is 15.7. The number of ether oxygens (including phenoxy) is 1. The highest BCUT2D eigenvalue weighted by Gasteiger charge is 2.35. The fourth-order valence-corrected chi connectivity index (χ4v) is 4.24. The maximum Gasteiger partial charge on any atom is 0.276 e. The van der Waals surface area contributed by atoms with Crippen molar-refractivity contribution in [2.24, 2.45) is 7.05 Å². The van der Waals surface area contributed by atoms with Gasteiger partial charge < -0.3 is 19.7 Å². The van der Waals surface area contributed by atoms with Crippen LogP contribution in [0.5, 0.6) is 5.75 Å². The molecule has 0 fully saturated rings. The minimum atomic E-state index is -4.03. The fourth-order valence-electron chi connectivity index (χ4n) is 2.76. The topological polar surface area (TPSA) is 133 Å². The van der Waals surface area contributed by atoms with Gasteiger partial charge in [0.25, 0.3) is 5.91 Å².